The van der Waals surface area contributed by atoms with Crippen LogP contribution in [0.1, 0.15) is 36.4 Å². The van der Waals surface area contributed by atoms with Gasteiger partial charge in [-0.25, -0.2) is 4.98 Å². The molecule has 3 aromatic rings. The molecule has 0 saturated heterocycles. The summed E-state index contributed by atoms with van der Waals surface area (Å²) in [5, 5.41) is 6.77. The lowest BCUT2D eigenvalue weighted by molar-refractivity contribution is 0.465. The van der Waals surface area contributed by atoms with Gasteiger partial charge in [-0.3, -0.25) is 4.98 Å². The van der Waals surface area contributed by atoms with E-state index in [1.807, 2.05) is 17.5 Å². The number of fused-ring (bicyclic) bond motifs is 2. The predicted octanol–water partition coefficient (Wildman–Crippen LogP) is 4.41. The van der Waals surface area contributed by atoms with Crippen molar-refractivity contribution >= 4 is 32.9 Å². The van der Waals surface area contributed by atoms with Gasteiger partial charge in [0, 0.05) is 16.6 Å². The van der Waals surface area contributed by atoms with Crippen molar-refractivity contribution in [2.24, 2.45) is 0 Å². The number of hydrogen-bond acceptors (Lipinski definition) is 5. The second-order valence-electron chi connectivity index (χ2n) is 5.36. The molecule has 108 valence electrons. The third kappa shape index (κ3) is 2.39. The van der Waals surface area contributed by atoms with E-state index in [1.165, 1.54) is 34.5 Å². The molecule has 0 spiro atoms. The summed E-state index contributed by atoms with van der Waals surface area (Å²) in [7, 11) is 0. The molecule has 0 saturated carbocycles. The van der Waals surface area contributed by atoms with E-state index in [9.17, 15) is 0 Å². The standard InChI is InChI=1S/C16H17N3S2/c1-2-17-12-4-3-5-13-15(12)19-16(21-13)10-8-14-11(18-9-10)6-7-20-14/h6-9,12,17H,2-5H2,1H3. The SMILES string of the molecule is CCNC1CCCc2sc(-c3cnc4ccsc4c3)nc21. The first-order chi connectivity index (χ1) is 10.3. The van der Waals surface area contributed by atoms with Crippen LogP contribution < -0.4 is 5.32 Å². The number of aromatic nitrogens is 2. The number of pyridine rings is 1. The van der Waals surface area contributed by atoms with Crippen LogP contribution in [0, 0.1) is 0 Å². The predicted molar refractivity (Wildman–Crippen MR) is 90.1 cm³/mol. The minimum Gasteiger partial charge on any atom is -0.309 e. The van der Waals surface area contributed by atoms with Crippen LogP contribution in [0.2, 0.25) is 0 Å². The van der Waals surface area contributed by atoms with Crippen LogP contribution in [0.15, 0.2) is 23.7 Å². The Morgan fingerprint density at radius 1 is 1.43 bits per heavy atom. The summed E-state index contributed by atoms with van der Waals surface area (Å²) in [6.07, 6.45) is 5.59. The average molecular weight is 315 g/mol. The molecule has 1 N–H and O–H groups in total. The third-order valence-electron chi connectivity index (χ3n) is 3.95. The molecule has 1 aliphatic rings. The Morgan fingerprint density at radius 3 is 3.29 bits per heavy atom. The van der Waals surface area contributed by atoms with E-state index in [4.69, 9.17) is 4.98 Å². The number of aryl methyl sites for hydroxylation is 1. The highest BCUT2D eigenvalue weighted by Crippen LogP contribution is 2.37. The Labute approximate surface area is 132 Å². The van der Waals surface area contributed by atoms with E-state index in [-0.39, 0.29) is 0 Å². The first-order valence-electron chi connectivity index (χ1n) is 7.41. The lowest BCUT2D eigenvalue weighted by Crippen LogP contribution is -2.24. The Kier molecular flexibility index (Phi) is 3.49. The molecule has 0 amide bonds. The molecule has 1 unspecified atom stereocenters. The molecule has 1 atom stereocenters. The molecule has 0 radical (unpaired) electrons. The largest absolute Gasteiger partial charge is 0.309 e. The fraction of sp³-hybridized carbons (Fsp3) is 0.375. The monoisotopic (exact) mass is 315 g/mol. The van der Waals surface area contributed by atoms with Crippen molar-refractivity contribution in [2.75, 3.05) is 6.54 Å². The molecule has 3 heterocycles. The van der Waals surface area contributed by atoms with Crippen molar-refractivity contribution in [1.82, 2.24) is 15.3 Å². The highest BCUT2D eigenvalue weighted by molar-refractivity contribution is 7.17. The minimum absolute atomic E-state index is 0.433. The number of rotatable bonds is 3. The zero-order valence-electron chi connectivity index (χ0n) is 11.9. The number of hydrogen-bond donors (Lipinski definition) is 1. The number of nitrogens with one attached hydrogen (secondary N) is 1. The lowest BCUT2D eigenvalue weighted by atomic mass is 9.98. The molecule has 3 nitrogen and oxygen atoms in total. The van der Waals surface area contributed by atoms with Gasteiger partial charge in [-0.05, 0) is 43.3 Å². The summed E-state index contributed by atoms with van der Waals surface area (Å²) in [6.45, 7) is 3.16. The number of nitrogens with zero attached hydrogens (tertiary/aromatic N) is 2. The number of thiazole rings is 1. The molecular weight excluding hydrogens is 298 g/mol. The molecule has 0 fully saturated rings. The molecule has 0 aromatic carbocycles. The highest BCUT2D eigenvalue weighted by atomic mass is 32.1. The van der Waals surface area contributed by atoms with Crippen molar-refractivity contribution in [1.29, 1.82) is 0 Å². The average Bonchev–Trinajstić information content (AvgIpc) is 3.13. The van der Waals surface area contributed by atoms with Crippen molar-refractivity contribution < 1.29 is 0 Å². The highest BCUT2D eigenvalue weighted by Gasteiger charge is 2.24. The smallest absolute Gasteiger partial charge is 0.125 e. The minimum atomic E-state index is 0.433. The van der Waals surface area contributed by atoms with Gasteiger partial charge in [0.15, 0.2) is 0 Å². The van der Waals surface area contributed by atoms with E-state index < -0.39 is 0 Å². The van der Waals surface area contributed by atoms with Crippen LogP contribution in [0.4, 0.5) is 0 Å². The van der Waals surface area contributed by atoms with Gasteiger partial charge >= 0.3 is 0 Å². The molecule has 1 aliphatic carbocycles. The van der Waals surface area contributed by atoms with Crippen LogP contribution in [0.5, 0.6) is 0 Å². The Balaban J connectivity index is 1.75. The van der Waals surface area contributed by atoms with Gasteiger partial charge in [0.05, 0.1) is 22.0 Å². The van der Waals surface area contributed by atoms with Crippen LogP contribution in [0.3, 0.4) is 0 Å². The summed E-state index contributed by atoms with van der Waals surface area (Å²) in [5.41, 5.74) is 3.50. The zero-order chi connectivity index (χ0) is 14.2. The van der Waals surface area contributed by atoms with E-state index in [0.29, 0.717) is 6.04 Å². The van der Waals surface area contributed by atoms with Crippen molar-refractivity contribution in [3.63, 3.8) is 0 Å². The quantitative estimate of drug-likeness (QED) is 0.778. The van der Waals surface area contributed by atoms with Gasteiger partial charge in [-0.2, -0.15) is 0 Å². The fourth-order valence-electron chi connectivity index (χ4n) is 2.95. The van der Waals surface area contributed by atoms with Gasteiger partial charge in [-0.15, -0.1) is 22.7 Å². The van der Waals surface area contributed by atoms with Gasteiger partial charge in [0.1, 0.15) is 5.01 Å². The number of thiophene rings is 1. The summed E-state index contributed by atoms with van der Waals surface area (Å²) < 4.78 is 1.24. The second kappa shape index (κ2) is 5.48. The lowest BCUT2D eigenvalue weighted by Gasteiger charge is -2.21. The third-order valence-corrected chi connectivity index (χ3v) is 5.99. The first kappa shape index (κ1) is 13.4. The van der Waals surface area contributed by atoms with E-state index >= 15 is 0 Å². The van der Waals surface area contributed by atoms with Crippen molar-refractivity contribution in [3.8, 4) is 10.6 Å². The molecule has 3 aromatic heterocycles. The summed E-state index contributed by atoms with van der Waals surface area (Å²) in [6, 6.07) is 4.72. The van der Waals surface area contributed by atoms with Crippen LogP contribution in [-0.4, -0.2) is 16.5 Å². The first-order valence-corrected chi connectivity index (χ1v) is 9.11. The Hall–Kier alpha value is -1.30. The van der Waals surface area contributed by atoms with E-state index in [2.05, 4.69) is 34.7 Å². The van der Waals surface area contributed by atoms with Gasteiger partial charge < -0.3 is 5.32 Å². The van der Waals surface area contributed by atoms with Crippen LogP contribution in [-0.2, 0) is 6.42 Å². The van der Waals surface area contributed by atoms with Crippen molar-refractivity contribution in [3.05, 3.63) is 34.3 Å². The van der Waals surface area contributed by atoms with Crippen LogP contribution in [0.25, 0.3) is 20.8 Å². The molecule has 4 rings (SSSR count). The van der Waals surface area contributed by atoms with Crippen LogP contribution >= 0.6 is 22.7 Å². The fourth-order valence-corrected chi connectivity index (χ4v) is 4.88. The van der Waals surface area contributed by atoms with Gasteiger partial charge in [0.2, 0.25) is 0 Å². The molecular formula is C16H17N3S2. The summed E-state index contributed by atoms with van der Waals surface area (Å²) in [5.74, 6) is 0. The van der Waals surface area contributed by atoms with Crippen molar-refractivity contribution in [2.45, 2.75) is 32.2 Å². The maximum Gasteiger partial charge on any atom is 0.125 e. The molecule has 0 aliphatic heterocycles. The Morgan fingerprint density at radius 2 is 2.38 bits per heavy atom. The van der Waals surface area contributed by atoms with Gasteiger partial charge in [0.25, 0.3) is 0 Å². The normalized spacial score (nSPS) is 18.0. The molecule has 0 bridgehead atoms. The summed E-state index contributed by atoms with van der Waals surface area (Å²) in [4.78, 5) is 10.9. The van der Waals surface area contributed by atoms with E-state index in [1.54, 1.807) is 11.3 Å². The zero-order valence-corrected chi connectivity index (χ0v) is 13.6. The van der Waals surface area contributed by atoms with E-state index in [0.717, 1.165) is 22.6 Å². The topological polar surface area (TPSA) is 37.8 Å². The maximum atomic E-state index is 4.93. The molecule has 21 heavy (non-hydrogen) atoms. The maximum absolute atomic E-state index is 4.93. The summed E-state index contributed by atoms with van der Waals surface area (Å²) >= 11 is 3.58. The van der Waals surface area contributed by atoms with Gasteiger partial charge in [-0.1, -0.05) is 6.92 Å². The second-order valence-corrected chi connectivity index (χ2v) is 7.39. The molecule has 5 heteroatoms. The Bertz CT molecular complexity index is 775.